The SMILES string of the molecule is C=CC(=O)OC1OC2COC3(OC2C2OC4(OC12)C1(C)CCC(C1)C4(C)C)C1CCC(C)(C1)C3(C)C. The molecule has 3 aliphatic heterocycles. The number of hydrogen-bond donors (Lipinski definition) is 0. The Morgan fingerprint density at radius 2 is 1.56 bits per heavy atom. The molecule has 0 radical (unpaired) electrons. The Kier molecular flexibility index (Phi) is 4.65. The molecule has 4 aliphatic carbocycles. The molecule has 11 unspecified atom stereocenters. The van der Waals surface area contributed by atoms with Gasteiger partial charge in [0.15, 0.2) is 17.7 Å². The fourth-order valence-corrected chi connectivity index (χ4v) is 9.92. The van der Waals surface area contributed by atoms with Crippen LogP contribution in [0, 0.1) is 33.5 Å². The first-order chi connectivity index (χ1) is 16.8. The molecule has 7 rings (SSSR count). The van der Waals surface area contributed by atoms with Gasteiger partial charge in [0.25, 0.3) is 0 Å². The highest BCUT2D eigenvalue weighted by molar-refractivity contribution is 5.81. The molecule has 0 aromatic rings. The van der Waals surface area contributed by atoms with E-state index in [2.05, 4.69) is 48.1 Å². The zero-order chi connectivity index (χ0) is 25.5. The molecular formula is C29H42O7. The van der Waals surface area contributed by atoms with Gasteiger partial charge in [0.2, 0.25) is 6.29 Å². The average molecular weight is 503 g/mol. The lowest BCUT2D eigenvalue weighted by Gasteiger charge is -2.58. The van der Waals surface area contributed by atoms with Crippen molar-refractivity contribution < 1.29 is 33.2 Å². The summed E-state index contributed by atoms with van der Waals surface area (Å²) < 4.78 is 40.0. The second-order valence-corrected chi connectivity index (χ2v) is 14.4. The van der Waals surface area contributed by atoms with E-state index < -0.39 is 42.1 Å². The molecule has 7 heteroatoms. The standard InChI is InChI=1S/C29H42O7/c1-8-19(30)33-23-22-21(35-29(36-22)24(2,3)16-9-12-27(29,7)13-16)20-18(32-23)15-31-28(34-20)17-10-11-26(6,14-17)25(28,4)5/h8,16-18,20-23H,1,9-15H2,2-7H3. The summed E-state index contributed by atoms with van der Waals surface area (Å²) in [4.78, 5) is 12.3. The van der Waals surface area contributed by atoms with Crippen molar-refractivity contribution in [3.8, 4) is 0 Å². The molecule has 2 spiro atoms. The van der Waals surface area contributed by atoms with E-state index >= 15 is 0 Å². The summed E-state index contributed by atoms with van der Waals surface area (Å²) in [6.07, 6.45) is 5.27. The fraction of sp³-hybridized carbons (Fsp3) is 0.897. The van der Waals surface area contributed by atoms with Crippen LogP contribution in [-0.4, -0.2) is 54.9 Å². The zero-order valence-electron chi connectivity index (χ0n) is 22.6. The van der Waals surface area contributed by atoms with Gasteiger partial charge < -0.3 is 28.4 Å². The van der Waals surface area contributed by atoms with Crippen LogP contribution in [0.1, 0.15) is 80.1 Å². The van der Waals surface area contributed by atoms with Crippen LogP contribution in [0.15, 0.2) is 12.7 Å². The maximum Gasteiger partial charge on any atom is 0.332 e. The van der Waals surface area contributed by atoms with E-state index in [9.17, 15) is 4.79 Å². The molecule has 3 saturated heterocycles. The van der Waals surface area contributed by atoms with Crippen molar-refractivity contribution >= 4 is 5.97 Å². The summed E-state index contributed by atoms with van der Waals surface area (Å²) in [6.45, 7) is 17.8. The largest absolute Gasteiger partial charge is 0.430 e. The van der Waals surface area contributed by atoms with Crippen LogP contribution in [0.5, 0.6) is 0 Å². The zero-order valence-corrected chi connectivity index (χ0v) is 22.6. The summed E-state index contributed by atoms with van der Waals surface area (Å²) in [5, 5.41) is 0. The number of fused-ring (bicyclic) bond motifs is 9. The van der Waals surface area contributed by atoms with Crippen molar-refractivity contribution in [3.63, 3.8) is 0 Å². The Bertz CT molecular complexity index is 1000. The first kappa shape index (κ1) is 24.1. The number of esters is 1. The Labute approximate surface area is 214 Å². The van der Waals surface area contributed by atoms with Crippen molar-refractivity contribution in [3.05, 3.63) is 12.7 Å². The van der Waals surface area contributed by atoms with Crippen LogP contribution in [0.25, 0.3) is 0 Å². The highest BCUT2D eigenvalue weighted by Crippen LogP contribution is 2.74. The summed E-state index contributed by atoms with van der Waals surface area (Å²) in [5.41, 5.74) is -0.259. The lowest BCUT2D eigenvalue weighted by atomic mass is 9.62. The molecule has 4 bridgehead atoms. The molecule has 0 aromatic heterocycles. The Balaban J connectivity index is 1.27. The van der Waals surface area contributed by atoms with E-state index in [0.29, 0.717) is 18.4 Å². The van der Waals surface area contributed by atoms with Crippen LogP contribution in [0.3, 0.4) is 0 Å². The van der Waals surface area contributed by atoms with Gasteiger partial charge >= 0.3 is 5.97 Å². The normalized spacial score (nSPS) is 57.2. The van der Waals surface area contributed by atoms with Gasteiger partial charge in [-0.2, -0.15) is 0 Å². The number of carbonyl (C=O) groups is 1. The maximum atomic E-state index is 12.3. The molecule has 11 atom stereocenters. The molecule has 0 amide bonds. The summed E-state index contributed by atoms with van der Waals surface area (Å²) in [6, 6.07) is 0. The van der Waals surface area contributed by atoms with Crippen LogP contribution < -0.4 is 0 Å². The second-order valence-electron chi connectivity index (χ2n) is 14.4. The third kappa shape index (κ3) is 2.51. The lowest BCUT2D eigenvalue weighted by molar-refractivity contribution is -0.416. The predicted molar refractivity (Wildman–Crippen MR) is 129 cm³/mol. The van der Waals surface area contributed by atoms with Crippen LogP contribution in [-0.2, 0) is 33.2 Å². The van der Waals surface area contributed by atoms with Crippen molar-refractivity contribution in [1.82, 2.24) is 0 Å². The minimum absolute atomic E-state index is 0.108. The number of carbonyl (C=O) groups excluding carboxylic acids is 1. The van der Waals surface area contributed by atoms with Gasteiger partial charge in [0, 0.05) is 28.2 Å². The van der Waals surface area contributed by atoms with Gasteiger partial charge in [-0.1, -0.05) is 48.1 Å². The molecule has 0 aromatic carbocycles. The van der Waals surface area contributed by atoms with Crippen molar-refractivity contribution in [1.29, 1.82) is 0 Å². The summed E-state index contributed by atoms with van der Waals surface area (Å²) in [7, 11) is 0. The third-order valence-electron chi connectivity index (χ3n) is 12.4. The Morgan fingerprint density at radius 3 is 2.19 bits per heavy atom. The summed E-state index contributed by atoms with van der Waals surface area (Å²) in [5.74, 6) is -1.11. The minimum atomic E-state index is -0.897. The first-order valence-corrected chi connectivity index (χ1v) is 14.0. The average Bonchev–Trinajstić information content (AvgIpc) is 3.59. The van der Waals surface area contributed by atoms with E-state index in [1.807, 2.05) is 0 Å². The van der Waals surface area contributed by atoms with Crippen molar-refractivity contribution in [2.45, 2.75) is 122 Å². The van der Waals surface area contributed by atoms with E-state index in [1.165, 1.54) is 18.9 Å². The highest BCUT2D eigenvalue weighted by atomic mass is 16.8. The van der Waals surface area contributed by atoms with Crippen LogP contribution in [0.4, 0.5) is 0 Å². The number of rotatable bonds is 2. The molecule has 36 heavy (non-hydrogen) atoms. The molecule has 7 aliphatic rings. The molecule has 7 nitrogen and oxygen atoms in total. The smallest absolute Gasteiger partial charge is 0.332 e. The van der Waals surface area contributed by atoms with Crippen molar-refractivity contribution in [2.24, 2.45) is 33.5 Å². The number of hydrogen-bond acceptors (Lipinski definition) is 7. The van der Waals surface area contributed by atoms with Crippen molar-refractivity contribution in [2.75, 3.05) is 6.61 Å². The summed E-state index contributed by atoms with van der Waals surface area (Å²) >= 11 is 0. The molecule has 3 heterocycles. The quantitative estimate of drug-likeness (QED) is 0.399. The molecule has 0 N–H and O–H groups in total. The van der Waals surface area contributed by atoms with E-state index in [4.69, 9.17) is 28.4 Å². The predicted octanol–water partition coefficient (Wildman–Crippen LogP) is 4.72. The fourth-order valence-electron chi connectivity index (χ4n) is 9.92. The molecule has 200 valence electrons. The minimum Gasteiger partial charge on any atom is -0.430 e. The maximum absolute atomic E-state index is 12.3. The van der Waals surface area contributed by atoms with Crippen LogP contribution in [0.2, 0.25) is 0 Å². The van der Waals surface area contributed by atoms with E-state index in [0.717, 1.165) is 25.7 Å². The van der Waals surface area contributed by atoms with Gasteiger partial charge in [-0.15, -0.1) is 0 Å². The van der Waals surface area contributed by atoms with Gasteiger partial charge in [0.05, 0.1) is 6.61 Å². The van der Waals surface area contributed by atoms with E-state index in [1.54, 1.807) is 0 Å². The van der Waals surface area contributed by atoms with Gasteiger partial charge in [0.1, 0.15) is 18.3 Å². The second kappa shape index (κ2) is 6.95. The Morgan fingerprint density at radius 1 is 0.889 bits per heavy atom. The first-order valence-electron chi connectivity index (χ1n) is 14.0. The Hall–Kier alpha value is -0.990. The molecular weight excluding hydrogens is 460 g/mol. The monoisotopic (exact) mass is 502 g/mol. The molecule has 7 fully saturated rings. The third-order valence-corrected chi connectivity index (χ3v) is 12.4. The van der Waals surface area contributed by atoms with E-state index in [-0.39, 0.29) is 27.8 Å². The molecule has 4 saturated carbocycles. The number of ether oxygens (including phenoxy) is 6. The van der Waals surface area contributed by atoms with Crippen LogP contribution >= 0.6 is 0 Å². The van der Waals surface area contributed by atoms with Gasteiger partial charge in [-0.3, -0.25) is 0 Å². The van der Waals surface area contributed by atoms with Gasteiger partial charge in [-0.25, -0.2) is 4.79 Å². The van der Waals surface area contributed by atoms with Gasteiger partial charge in [-0.05, 0) is 49.9 Å². The topological polar surface area (TPSA) is 72.5 Å². The lowest BCUT2D eigenvalue weighted by Crippen LogP contribution is -2.69. The highest BCUT2D eigenvalue weighted by Gasteiger charge is 2.79.